The van der Waals surface area contributed by atoms with Crippen LogP contribution in [0.4, 0.5) is 0 Å². The third-order valence-corrected chi connectivity index (χ3v) is 8.81. The summed E-state index contributed by atoms with van der Waals surface area (Å²) in [6.07, 6.45) is 29.9. The molecule has 0 aliphatic rings. The van der Waals surface area contributed by atoms with Gasteiger partial charge in [0.2, 0.25) is 0 Å². The molecule has 0 saturated heterocycles. The summed E-state index contributed by atoms with van der Waals surface area (Å²) in [4.78, 5) is 22.2. The molecule has 0 N–H and O–H groups in total. The van der Waals surface area contributed by atoms with E-state index in [1.165, 1.54) is 44.6 Å². The topological polar surface area (TPSA) is 90.9 Å². The first-order chi connectivity index (χ1) is 23.6. The quantitative estimate of drug-likeness (QED) is 0.0455. The molecule has 0 amide bonds. The van der Waals surface area contributed by atoms with Crippen molar-refractivity contribution >= 4 is 7.82 Å². The molecule has 0 aromatic carbocycles. The van der Waals surface area contributed by atoms with E-state index in [1.807, 2.05) is 12.2 Å². The fraction of sp³-hybridized carbons (Fsp3) is 0.628. The van der Waals surface area contributed by atoms with E-state index in [0.717, 1.165) is 77.0 Å². The minimum atomic E-state index is -5.10. The standard InChI is InChI=1S/C43H73O6P/c1-35(2)17-11-19-37(5)21-13-23-39(7)25-15-27-41(9)29-31-47-33-43(34-49-50(44,45)46)48-32-30-42(10)28-16-26-40(8)24-14-22-38(6)20-12-18-36(3)4/h17-18,21-22,25-26,29-30,43H,11-16,19-20,23-24,27-28,31-34H2,1-10H3,(H2,44,45,46)/p-2/b37-21+,38-22+,39-25+,40-26+,41-29+,42-30+. The molecule has 50 heavy (non-hydrogen) atoms. The van der Waals surface area contributed by atoms with E-state index in [0.29, 0.717) is 6.61 Å². The smallest absolute Gasteiger partial charge is 0.105 e. The van der Waals surface area contributed by atoms with E-state index in [4.69, 9.17) is 9.47 Å². The summed E-state index contributed by atoms with van der Waals surface area (Å²) in [6, 6.07) is 0. The van der Waals surface area contributed by atoms with Crippen molar-refractivity contribution in [2.24, 2.45) is 0 Å². The highest BCUT2D eigenvalue weighted by Gasteiger charge is 2.11. The summed E-state index contributed by atoms with van der Waals surface area (Å²) >= 11 is 0. The van der Waals surface area contributed by atoms with Crippen molar-refractivity contribution in [3.8, 4) is 0 Å². The number of hydrogen-bond donors (Lipinski definition) is 0. The monoisotopic (exact) mass is 714 g/mol. The van der Waals surface area contributed by atoms with Crippen LogP contribution in [-0.2, 0) is 18.6 Å². The summed E-state index contributed by atoms with van der Waals surface area (Å²) in [7, 11) is -5.10. The Balaban J connectivity index is 4.60. The van der Waals surface area contributed by atoms with Crippen LogP contribution >= 0.6 is 7.82 Å². The highest BCUT2D eigenvalue weighted by atomic mass is 31.2. The summed E-state index contributed by atoms with van der Waals surface area (Å²) < 4.78 is 27.2. The van der Waals surface area contributed by atoms with E-state index in [2.05, 4.69) is 110 Å². The van der Waals surface area contributed by atoms with Crippen LogP contribution in [0.2, 0.25) is 0 Å². The first-order valence-electron chi connectivity index (χ1n) is 18.6. The molecule has 0 aliphatic heterocycles. The minimum absolute atomic E-state index is 0.127. The van der Waals surface area contributed by atoms with Crippen molar-refractivity contribution in [2.45, 2.75) is 152 Å². The predicted octanol–water partition coefficient (Wildman–Crippen LogP) is 11.5. The molecule has 1 unspecified atom stereocenters. The molecule has 7 heteroatoms. The molecule has 0 heterocycles. The Labute approximate surface area is 307 Å². The van der Waals surface area contributed by atoms with Gasteiger partial charge in [0.05, 0.1) is 34.3 Å². The number of ether oxygens (including phenoxy) is 2. The van der Waals surface area contributed by atoms with Gasteiger partial charge in [0.25, 0.3) is 0 Å². The van der Waals surface area contributed by atoms with Crippen LogP contribution in [0, 0.1) is 0 Å². The number of rotatable bonds is 28. The van der Waals surface area contributed by atoms with Gasteiger partial charge in [0.15, 0.2) is 0 Å². The summed E-state index contributed by atoms with van der Waals surface area (Å²) in [6.45, 7) is 22.0. The van der Waals surface area contributed by atoms with Crippen molar-refractivity contribution in [1.29, 1.82) is 0 Å². The molecule has 0 spiro atoms. The second-order valence-electron chi connectivity index (χ2n) is 14.3. The minimum Gasteiger partial charge on any atom is -0.790 e. The predicted molar refractivity (Wildman–Crippen MR) is 211 cm³/mol. The summed E-state index contributed by atoms with van der Waals surface area (Å²) in [5, 5.41) is 0. The number of phosphoric ester groups is 1. The molecular weight excluding hydrogens is 643 g/mol. The highest BCUT2D eigenvalue weighted by molar-refractivity contribution is 7.43. The van der Waals surface area contributed by atoms with Gasteiger partial charge in [-0.15, -0.1) is 0 Å². The molecule has 0 saturated carbocycles. The van der Waals surface area contributed by atoms with Gasteiger partial charge in [-0.1, -0.05) is 93.2 Å². The molecule has 0 aromatic heterocycles. The van der Waals surface area contributed by atoms with E-state index in [-0.39, 0.29) is 19.8 Å². The van der Waals surface area contributed by atoms with Crippen molar-refractivity contribution < 1.29 is 28.3 Å². The maximum absolute atomic E-state index is 11.1. The molecule has 0 radical (unpaired) electrons. The molecule has 0 aromatic rings. The van der Waals surface area contributed by atoms with E-state index >= 15 is 0 Å². The van der Waals surface area contributed by atoms with Gasteiger partial charge in [-0.05, 0) is 146 Å². The van der Waals surface area contributed by atoms with Crippen molar-refractivity contribution in [1.82, 2.24) is 0 Å². The van der Waals surface area contributed by atoms with Crippen LogP contribution in [0.25, 0.3) is 0 Å². The largest absolute Gasteiger partial charge is 0.790 e. The summed E-state index contributed by atoms with van der Waals surface area (Å²) in [5.41, 5.74) is 10.9. The van der Waals surface area contributed by atoms with Crippen LogP contribution in [0.1, 0.15) is 146 Å². The van der Waals surface area contributed by atoms with Crippen molar-refractivity contribution in [3.63, 3.8) is 0 Å². The van der Waals surface area contributed by atoms with Crippen LogP contribution in [0.5, 0.6) is 0 Å². The van der Waals surface area contributed by atoms with Gasteiger partial charge in [0.1, 0.15) is 6.10 Å². The average Bonchev–Trinajstić information content (AvgIpc) is 3.00. The molecular formula is C43H71O6P-2. The Morgan fingerprint density at radius 1 is 0.480 bits per heavy atom. The van der Waals surface area contributed by atoms with Crippen LogP contribution in [0.3, 0.4) is 0 Å². The molecule has 6 nitrogen and oxygen atoms in total. The summed E-state index contributed by atoms with van der Waals surface area (Å²) in [5.74, 6) is 0. The Bertz CT molecular complexity index is 1230. The molecule has 0 fully saturated rings. The normalized spacial score (nSPS) is 14.6. The number of allylic oxidation sites excluding steroid dienone is 14. The van der Waals surface area contributed by atoms with Crippen LogP contribution < -0.4 is 9.79 Å². The van der Waals surface area contributed by atoms with Gasteiger partial charge in [0, 0.05) is 0 Å². The van der Waals surface area contributed by atoms with Gasteiger partial charge in [-0.2, -0.15) is 0 Å². The van der Waals surface area contributed by atoms with E-state index in [1.54, 1.807) is 0 Å². The fourth-order valence-electron chi connectivity index (χ4n) is 5.02. The molecule has 0 bridgehead atoms. The third kappa shape index (κ3) is 33.1. The molecule has 286 valence electrons. The lowest BCUT2D eigenvalue weighted by atomic mass is 10.0. The average molecular weight is 715 g/mol. The lowest BCUT2D eigenvalue weighted by Crippen LogP contribution is -2.28. The van der Waals surface area contributed by atoms with Gasteiger partial charge < -0.3 is 28.3 Å². The molecule has 1 atom stereocenters. The SMILES string of the molecule is CC(C)=CCC/C(C)=C/CC/C(C)=C/CC/C(C)=C/COCC(COP(=O)([O-])[O-])OC/C=C(\C)CC/C=C(\C)CC/C=C(\C)CCC=C(C)C. The lowest BCUT2D eigenvalue weighted by Gasteiger charge is -2.30. The number of phosphoric acid groups is 1. The van der Waals surface area contributed by atoms with E-state index in [9.17, 15) is 14.4 Å². The highest BCUT2D eigenvalue weighted by Crippen LogP contribution is 2.25. The second-order valence-corrected chi connectivity index (χ2v) is 15.5. The first kappa shape index (κ1) is 48.0. The maximum Gasteiger partial charge on any atom is 0.105 e. The Morgan fingerprint density at radius 2 is 0.800 bits per heavy atom. The van der Waals surface area contributed by atoms with E-state index < -0.39 is 13.9 Å². The molecule has 0 aliphatic carbocycles. The fourth-order valence-corrected chi connectivity index (χ4v) is 5.37. The Hall–Kier alpha value is -2.05. The zero-order valence-electron chi connectivity index (χ0n) is 33.4. The van der Waals surface area contributed by atoms with Gasteiger partial charge >= 0.3 is 0 Å². The van der Waals surface area contributed by atoms with Crippen LogP contribution in [-0.4, -0.2) is 32.5 Å². The maximum atomic E-state index is 11.1. The van der Waals surface area contributed by atoms with Gasteiger partial charge in [-0.3, -0.25) is 0 Å². The Morgan fingerprint density at radius 3 is 1.14 bits per heavy atom. The zero-order chi connectivity index (χ0) is 37.8. The van der Waals surface area contributed by atoms with Gasteiger partial charge in [-0.25, -0.2) is 0 Å². The first-order valence-corrected chi connectivity index (χ1v) is 20.1. The van der Waals surface area contributed by atoms with Crippen LogP contribution in [0.15, 0.2) is 93.2 Å². The zero-order valence-corrected chi connectivity index (χ0v) is 34.3. The second kappa shape index (κ2) is 29.5. The number of hydrogen-bond acceptors (Lipinski definition) is 6. The Kier molecular flexibility index (Phi) is 28.3. The van der Waals surface area contributed by atoms with Crippen molar-refractivity contribution in [3.05, 3.63) is 93.2 Å². The third-order valence-electron chi connectivity index (χ3n) is 8.34. The lowest BCUT2D eigenvalue weighted by molar-refractivity contribution is -0.343. The molecule has 0 rings (SSSR count). The van der Waals surface area contributed by atoms with Crippen molar-refractivity contribution in [2.75, 3.05) is 26.4 Å².